The Morgan fingerprint density at radius 1 is 1.27 bits per heavy atom. The molecule has 0 radical (unpaired) electrons. The van der Waals surface area contributed by atoms with Crippen molar-refractivity contribution >= 4 is 23.3 Å². The van der Waals surface area contributed by atoms with Crippen LogP contribution in [0, 0.1) is 12.8 Å². The summed E-state index contributed by atoms with van der Waals surface area (Å²) in [7, 11) is 0. The number of amides is 1. The minimum atomic E-state index is -0.627. The molecule has 0 saturated carbocycles. The Bertz CT molecular complexity index is 1100. The van der Waals surface area contributed by atoms with Crippen molar-refractivity contribution < 1.29 is 24.2 Å². The third kappa shape index (κ3) is 4.72. The summed E-state index contributed by atoms with van der Waals surface area (Å²) < 4.78 is 5.40. The summed E-state index contributed by atoms with van der Waals surface area (Å²) in [5.74, 6) is -0.0409. The molecule has 8 nitrogen and oxygen atoms in total. The number of nitrogens with zero attached hydrogens (tertiary/aromatic N) is 2. The third-order valence-corrected chi connectivity index (χ3v) is 5.02. The normalized spacial score (nSPS) is 18.0. The van der Waals surface area contributed by atoms with Crippen LogP contribution in [0.25, 0.3) is 10.9 Å². The molecule has 0 spiro atoms. The van der Waals surface area contributed by atoms with Gasteiger partial charge in [-0.05, 0) is 31.0 Å². The van der Waals surface area contributed by atoms with E-state index in [9.17, 15) is 14.7 Å². The molecule has 1 aromatic carbocycles. The van der Waals surface area contributed by atoms with Crippen LogP contribution in [-0.2, 0) is 11.2 Å². The highest BCUT2D eigenvalue weighted by Gasteiger charge is 2.35. The summed E-state index contributed by atoms with van der Waals surface area (Å²) in [5, 5.41) is 18.4. The van der Waals surface area contributed by atoms with E-state index in [0.29, 0.717) is 18.7 Å². The van der Waals surface area contributed by atoms with Crippen molar-refractivity contribution in [1.82, 2.24) is 9.88 Å². The molecule has 1 amide bonds. The number of rotatable bonds is 3. The fraction of sp³-hybridized carbons (Fsp3) is 0.273. The molecule has 2 aromatic heterocycles. The molecule has 8 heteroatoms. The first-order valence-electron chi connectivity index (χ1n) is 9.42. The number of likely N-dealkylation sites (tertiary alicyclic amines) is 1. The summed E-state index contributed by atoms with van der Waals surface area (Å²) in [5.41, 5.74) is 1.75. The minimum Gasteiger partial charge on any atom is -0.483 e. The Hall–Kier alpha value is -3.52. The zero-order valence-corrected chi connectivity index (χ0v) is 16.4. The lowest BCUT2D eigenvalue weighted by Gasteiger charge is -2.16. The van der Waals surface area contributed by atoms with E-state index in [4.69, 9.17) is 14.3 Å². The van der Waals surface area contributed by atoms with E-state index in [1.54, 1.807) is 18.0 Å². The summed E-state index contributed by atoms with van der Waals surface area (Å²) in [6, 6.07) is 12.4. The highest BCUT2D eigenvalue weighted by molar-refractivity contribution is 5.91. The monoisotopic (exact) mass is 410 g/mol. The van der Waals surface area contributed by atoms with E-state index in [0.717, 1.165) is 16.5 Å². The van der Waals surface area contributed by atoms with Crippen molar-refractivity contribution in [2.45, 2.75) is 19.4 Å². The largest absolute Gasteiger partial charge is 0.483 e. The van der Waals surface area contributed by atoms with Crippen molar-refractivity contribution in [2.75, 3.05) is 13.1 Å². The van der Waals surface area contributed by atoms with Crippen molar-refractivity contribution in [2.24, 2.45) is 5.92 Å². The maximum absolute atomic E-state index is 12.7. The van der Waals surface area contributed by atoms with Gasteiger partial charge >= 0.3 is 0 Å². The Morgan fingerprint density at radius 2 is 2.00 bits per heavy atom. The van der Waals surface area contributed by atoms with Crippen molar-refractivity contribution in [3.8, 4) is 0 Å². The van der Waals surface area contributed by atoms with Crippen LogP contribution in [0.15, 0.2) is 57.9 Å². The van der Waals surface area contributed by atoms with E-state index in [1.165, 1.54) is 12.1 Å². The average Bonchev–Trinajstić information content (AvgIpc) is 3.08. The number of carboxylic acid groups (broad SMARTS) is 1. The number of aryl methyl sites for hydroxylation is 1. The first-order valence-corrected chi connectivity index (χ1v) is 9.42. The van der Waals surface area contributed by atoms with Crippen LogP contribution in [0.3, 0.4) is 0 Å². The van der Waals surface area contributed by atoms with Crippen LogP contribution in [0.4, 0.5) is 0 Å². The SMILES string of the molecule is Cc1cc(=O)cc(C(=O)N2C[C@@H](Cc3ccnc4ccccc34)[C@@H](O)C2)o1.O=CO. The molecule has 1 saturated heterocycles. The zero-order valence-electron chi connectivity index (χ0n) is 16.4. The molecule has 3 heterocycles. The van der Waals surface area contributed by atoms with E-state index in [2.05, 4.69) is 4.98 Å². The Kier molecular flexibility index (Phi) is 6.58. The quantitative estimate of drug-likeness (QED) is 0.632. The van der Waals surface area contributed by atoms with Crippen LogP contribution in [-0.4, -0.2) is 51.7 Å². The number of benzene rings is 1. The van der Waals surface area contributed by atoms with Gasteiger partial charge in [-0.15, -0.1) is 0 Å². The van der Waals surface area contributed by atoms with Gasteiger partial charge in [0.15, 0.2) is 11.2 Å². The van der Waals surface area contributed by atoms with E-state index in [1.807, 2.05) is 30.3 Å². The number of aliphatic hydroxyl groups excluding tert-OH is 1. The van der Waals surface area contributed by atoms with Gasteiger partial charge in [0, 0.05) is 42.7 Å². The number of carbonyl (C=O) groups excluding carboxylic acids is 1. The molecule has 4 rings (SSSR count). The highest BCUT2D eigenvalue weighted by Crippen LogP contribution is 2.26. The van der Waals surface area contributed by atoms with Gasteiger partial charge < -0.3 is 19.5 Å². The summed E-state index contributed by atoms with van der Waals surface area (Å²) in [6.45, 7) is 2.02. The molecule has 0 aliphatic carbocycles. The van der Waals surface area contributed by atoms with Crippen LogP contribution in [0.2, 0.25) is 0 Å². The molecule has 2 N–H and O–H groups in total. The van der Waals surface area contributed by atoms with Gasteiger partial charge in [-0.25, -0.2) is 0 Å². The molecule has 0 unspecified atom stereocenters. The predicted octanol–water partition coefficient (Wildman–Crippen LogP) is 1.87. The standard InChI is InChI=1S/C21H20N2O4.CH2O2/c1-13-8-16(24)10-20(27-13)21(26)23-11-15(19(25)12-23)9-14-6-7-22-18-5-3-2-4-17(14)18;2-1-3/h2-8,10,15,19,25H,9,11-12H2,1H3;1H,(H,2,3)/t15-,19+;/m1./s1. The van der Waals surface area contributed by atoms with E-state index < -0.39 is 6.10 Å². The molecular weight excluding hydrogens is 388 g/mol. The number of β-amino-alcohol motifs (C(OH)–C–C–N with tert-alkyl or cyclic N) is 1. The molecule has 30 heavy (non-hydrogen) atoms. The number of pyridine rings is 1. The van der Waals surface area contributed by atoms with Gasteiger partial charge in [-0.2, -0.15) is 0 Å². The molecule has 3 aromatic rings. The molecule has 0 bridgehead atoms. The van der Waals surface area contributed by atoms with Crippen LogP contribution >= 0.6 is 0 Å². The van der Waals surface area contributed by atoms with Crippen LogP contribution in [0.5, 0.6) is 0 Å². The predicted molar refractivity (Wildman–Crippen MR) is 109 cm³/mol. The maximum atomic E-state index is 12.7. The van der Waals surface area contributed by atoms with Gasteiger partial charge in [0.1, 0.15) is 5.76 Å². The number of aromatic nitrogens is 1. The Labute approximate surface area is 172 Å². The second kappa shape index (κ2) is 9.32. The fourth-order valence-corrected chi connectivity index (χ4v) is 3.70. The summed E-state index contributed by atoms with van der Waals surface area (Å²) in [4.78, 5) is 38.6. The van der Waals surface area contributed by atoms with Gasteiger partial charge in [0.2, 0.25) is 0 Å². The number of aliphatic hydroxyl groups is 1. The molecule has 1 aliphatic rings. The molecule has 2 atom stereocenters. The second-order valence-electron chi connectivity index (χ2n) is 7.10. The van der Waals surface area contributed by atoms with Gasteiger partial charge in [-0.3, -0.25) is 19.4 Å². The highest BCUT2D eigenvalue weighted by atomic mass is 16.4. The van der Waals surface area contributed by atoms with Gasteiger partial charge in [-0.1, -0.05) is 18.2 Å². The first-order chi connectivity index (χ1) is 14.4. The molecular formula is C22H22N2O6. The summed E-state index contributed by atoms with van der Waals surface area (Å²) in [6.07, 6.45) is 1.78. The zero-order chi connectivity index (χ0) is 21.7. The van der Waals surface area contributed by atoms with Gasteiger partial charge in [0.25, 0.3) is 12.4 Å². The molecule has 156 valence electrons. The van der Waals surface area contributed by atoms with E-state index >= 15 is 0 Å². The van der Waals surface area contributed by atoms with E-state index in [-0.39, 0.29) is 36.0 Å². The first kappa shape index (κ1) is 21.2. The number of hydrogen-bond acceptors (Lipinski definition) is 6. The van der Waals surface area contributed by atoms with Crippen LogP contribution in [0.1, 0.15) is 21.9 Å². The number of carbonyl (C=O) groups is 2. The van der Waals surface area contributed by atoms with Crippen molar-refractivity contribution in [3.63, 3.8) is 0 Å². The second-order valence-corrected chi connectivity index (χ2v) is 7.10. The third-order valence-electron chi connectivity index (χ3n) is 5.02. The minimum absolute atomic E-state index is 0.0159. The Morgan fingerprint density at radius 3 is 2.73 bits per heavy atom. The van der Waals surface area contributed by atoms with Crippen molar-refractivity contribution in [1.29, 1.82) is 0 Å². The topological polar surface area (TPSA) is 121 Å². The van der Waals surface area contributed by atoms with Crippen LogP contribution < -0.4 is 5.43 Å². The smallest absolute Gasteiger partial charge is 0.290 e. The summed E-state index contributed by atoms with van der Waals surface area (Å²) >= 11 is 0. The number of hydrogen-bond donors (Lipinski definition) is 2. The maximum Gasteiger partial charge on any atom is 0.290 e. The average molecular weight is 410 g/mol. The van der Waals surface area contributed by atoms with Crippen molar-refractivity contribution in [3.05, 3.63) is 76.0 Å². The lowest BCUT2D eigenvalue weighted by molar-refractivity contribution is -0.122. The lowest BCUT2D eigenvalue weighted by Crippen LogP contribution is -2.30. The van der Waals surface area contributed by atoms with Gasteiger partial charge in [0.05, 0.1) is 11.6 Å². The number of para-hydroxylation sites is 1. The molecule has 1 fully saturated rings. The lowest BCUT2D eigenvalue weighted by atomic mass is 9.94. The fourth-order valence-electron chi connectivity index (χ4n) is 3.70. The number of fused-ring (bicyclic) bond motifs is 1. The molecule has 1 aliphatic heterocycles. The Balaban J connectivity index is 0.000000806.